The lowest BCUT2D eigenvalue weighted by molar-refractivity contribution is -0.386. The van der Waals surface area contributed by atoms with Crippen molar-refractivity contribution in [3.05, 3.63) is 93.0 Å². The van der Waals surface area contributed by atoms with Crippen LogP contribution in [-0.2, 0) is 6.61 Å². The number of urea groups is 1. The van der Waals surface area contributed by atoms with E-state index < -0.39 is 11.0 Å². The van der Waals surface area contributed by atoms with Gasteiger partial charge in [-0.25, -0.2) is 10.2 Å². The molecule has 3 aromatic carbocycles. The first-order chi connectivity index (χ1) is 15.9. The Hall–Kier alpha value is -4.40. The summed E-state index contributed by atoms with van der Waals surface area (Å²) in [5, 5.41) is 18.2. The van der Waals surface area contributed by atoms with Gasteiger partial charge in [-0.2, -0.15) is 5.10 Å². The van der Waals surface area contributed by atoms with Crippen LogP contribution in [0.1, 0.15) is 22.3 Å². The van der Waals surface area contributed by atoms with Crippen molar-refractivity contribution in [1.29, 1.82) is 0 Å². The second-order valence-corrected chi connectivity index (χ2v) is 7.25. The lowest BCUT2D eigenvalue weighted by Gasteiger charge is -2.12. The summed E-state index contributed by atoms with van der Waals surface area (Å²) in [5.41, 5.74) is 5.91. The maximum Gasteiger partial charge on any atom is 0.339 e. The van der Waals surface area contributed by atoms with Crippen LogP contribution in [0.5, 0.6) is 11.5 Å². The molecule has 0 saturated heterocycles. The number of benzene rings is 3. The Bertz CT molecular complexity index is 1190. The largest absolute Gasteiger partial charge is 0.493 e. The molecule has 0 aromatic heterocycles. The van der Waals surface area contributed by atoms with Crippen LogP contribution in [-0.4, -0.2) is 24.3 Å². The molecule has 3 aromatic rings. The van der Waals surface area contributed by atoms with Crippen LogP contribution < -0.4 is 20.2 Å². The molecule has 0 spiro atoms. The number of carbonyl (C=O) groups is 1. The molecule has 0 heterocycles. The van der Waals surface area contributed by atoms with Gasteiger partial charge in [0.05, 0.1) is 18.2 Å². The Kier molecular flexibility index (Phi) is 7.59. The molecule has 0 aliphatic heterocycles. The smallest absolute Gasteiger partial charge is 0.339 e. The number of ether oxygens (including phenoxy) is 2. The standard InChI is InChI=1S/C24H24N4O5/c1-16-7-6-9-18(11-16)15-33-23-21(28(30)31)12-19(13-22(23)32-3)14-25-27-24(29)26-20-10-5-4-8-17(20)2/h4-14H,15H2,1-3H3,(H2,26,27,29)/b25-14-. The number of anilines is 1. The van der Waals surface area contributed by atoms with Gasteiger partial charge in [-0.3, -0.25) is 10.1 Å². The predicted octanol–water partition coefficient (Wildman–Crippen LogP) is 4.95. The van der Waals surface area contributed by atoms with Crippen molar-refractivity contribution in [3.8, 4) is 11.5 Å². The number of rotatable bonds is 8. The Morgan fingerprint density at radius 2 is 1.91 bits per heavy atom. The van der Waals surface area contributed by atoms with Crippen LogP contribution >= 0.6 is 0 Å². The molecule has 0 aliphatic carbocycles. The Morgan fingerprint density at radius 3 is 2.61 bits per heavy atom. The van der Waals surface area contributed by atoms with E-state index >= 15 is 0 Å². The number of hydrogen-bond donors (Lipinski definition) is 2. The summed E-state index contributed by atoms with van der Waals surface area (Å²) in [5.74, 6) is 0.203. The summed E-state index contributed by atoms with van der Waals surface area (Å²) in [7, 11) is 1.40. The van der Waals surface area contributed by atoms with E-state index in [9.17, 15) is 14.9 Å². The van der Waals surface area contributed by atoms with E-state index in [0.29, 0.717) is 11.3 Å². The van der Waals surface area contributed by atoms with E-state index in [2.05, 4.69) is 15.8 Å². The van der Waals surface area contributed by atoms with Crippen molar-refractivity contribution in [3.63, 3.8) is 0 Å². The van der Waals surface area contributed by atoms with Gasteiger partial charge in [0.2, 0.25) is 5.75 Å². The van der Waals surface area contributed by atoms with Gasteiger partial charge in [-0.15, -0.1) is 0 Å². The fourth-order valence-corrected chi connectivity index (χ4v) is 3.10. The molecule has 170 valence electrons. The van der Waals surface area contributed by atoms with E-state index in [1.165, 1.54) is 19.4 Å². The minimum Gasteiger partial charge on any atom is -0.493 e. The molecular weight excluding hydrogens is 424 g/mol. The minimum atomic E-state index is -0.552. The fourth-order valence-electron chi connectivity index (χ4n) is 3.10. The fraction of sp³-hybridized carbons (Fsp3) is 0.167. The highest BCUT2D eigenvalue weighted by atomic mass is 16.6. The Morgan fingerprint density at radius 1 is 1.12 bits per heavy atom. The maximum atomic E-state index is 12.1. The summed E-state index contributed by atoms with van der Waals surface area (Å²) >= 11 is 0. The van der Waals surface area contributed by atoms with E-state index in [1.54, 1.807) is 18.2 Å². The topological polar surface area (TPSA) is 115 Å². The van der Waals surface area contributed by atoms with Gasteiger partial charge in [0.1, 0.15) is 6.61 Å². The number of methoxy groups -OCH3 is 1. The van der Waals surface area contributed by atoms with Gasteiger partial charge < -0.3 is 14.8 Å². The number of para-hydroxylation sites is 1. The molecule has 9 heteroatoms. The molecule has 0 bridgehead atoms. The first-order valence-electron chi connectivity index (χ1n) is 10.1. The third-order valence-electron chi connectivity index (χ3n) is 4.71. The van der Waals surface area contributed by atoms with Crippen LogP contribution in [0.2, 0.25) is 0 Å². The average Bonchev–Trinajstić information content (AvgIpc) is 2.79. The lowest BCUT2D eigenvalue weighted by atomic mass is 10.1. The number of nitrogens with one attached hydrogen (secondary N) is 2. The zero-order valence-corrected chi connectivity index (χ0v) is 18.5. The zero-order valence-electron chi connectivity index (χ0n) is 18.5. The highest BCUT2D eigenvalue weighted by Gasteiger charge is 2.22. The second-order valence-electron chi connectivity index (χ2n) is 7.25. The van der Waals surface area contributed by atoms with Crippen LogP contribution in [0, 0.1) is 24.0 Å². The zero-order chi connectivity index (χ0) is 23.8. The van der Waals surface area contributed by atoms with Crippen molar-refractivity contribution in [2.45, 2.75) is 20.5 Å². The molecule has 0 aliphatic rings. The number of nitro groups is 1. The van der Waals surface area contributed by atoms with E-state index in [0.717, 1.165) is 16.7 Å². The first kappa shape index (κ1) is 23.3. The monoisotopic (exact) mass is 448 g/mol. The number of hydrazone groups is 1. The summed E-state index contributed by atoms with van der Waals surface area (Å²) in [6.45, 7) is 3.97. The number of nitro benzene ring substituents is 1. The first-order valence-corrected chi connectivity index (χ1v) is 10.1. The molecule has 0 atom stereocenters. The summed E-state index contributed by atoms with van der Waals surface area (Å²) in [6.07, 6.45) is 1.29. The van der Waals surface area contributed by atoms with Crippen LogP contribution in [0.4, 0.5) is 16.2 Å². The molecule has 3 rings (SSSR count). The Labute approximate surface area is 191 Å². The van der Waals surface area contributed by atoms with Crippen LogP contribution in [0.15, 0.2) is 65.8 Å². The summed E-state index contributed by atoms with van der Waals surface area (Å²) in [4.78, 5) is 23.2. The van der Waals surface area contributed by atoms with Crippen molar-refractivity contribution in [2.24, 2.45) is 5.10 Å². The third-order valence-corrected chi connectivity index (χ3v) is 4.71. The van der Waals surface area contributed by atoms with Crippen molar-refractivity contribution in [2.75, 3.05) is 12.4 Å². The maximum absolute atomic E-state index is 12.1. The second kappa shape index (κ2) is 10.8. The summed E-state index contributed by atoms with van der Waals surface area (Å²) in [6, 6.07) is 17.3. The molecule has 2 N–H and O–H groups in total. The molecular formula is C24H24N4O5. The van der Waals surface area contributed by atoms with Gasteiger partial charge in [0.25, 0.3) is 0 Å². The summed E-state index contributed by atoms with van der Waals surface area (Å²) < 4.78 is 11.1. The Balaban J connectivity index is 1.74. The minimum absolute atomic E-state index is 0.0198. The molecule has 9 nitrogen and oxygen atoms in total. The van der Waals surface area contributed by atoms with E-state index in [1.807, 2.05) is 50.2 Å². The van der Waals surface area contributed by atoms with Gasteiger partial charge in [0, 0.05) is 17.3 Å². The molecule has 0 unspecified atom stereocenters. The molecule has 33 heavy (non-hydrogen) atoms. The van der Waals surface area contributed by atoms with Gasteiger partial charge in [-0.1, -0.05) is 48.0 Å². The number of carbonyl (C=O) groups excluding carboxylic acids is 1. The van der Waals surface area contributed by atoms with Crippen molar-refractivity contribution < 1.29 is 19.2 Å². The number of hydrogen-bond acceptors (Lipinski definition) is 6. The lowest BCUT2D eigenvalue weighted by Crippen LogP contribution is -2.24. The van der Waals surface area contributed by atoms with E-state index in [4.69, 9.17) is 9.47 Å². The van der Waals surface area contributed by atoms with E-state index in [-0.39, 0.29) is 23.8 Å². The van der Waals surface area contributed by atoms with Gasteiger partial charge >= 0.3 is 11.7 Å². The predicted molar refractivity (Wildman–Crippen MR) is 126 cm³/mol. The van der Waals surface area contributed by atoms with Crippen molar-refractivity contribution in [1.82, 2.24) is 5.43 Å². The molecule has 0 radical (unpaired) electrons. The number of nitrogens with zero attached hydrogens (tertiary/aromatic N) is 2. The van der Waals surface area contributed by atoms with Crippen molar-refractivity contribution >= 4 is 23.6 Å². The number of aryl methyl sites for hydroxylation is 2. The highest BCUT2D eigenvalue weighted by Crippen LogP contribution is 2.38. The highest BCUT2D eigenvalue weighted by molar-refractivity contribution is 5.91. The normalized spacial score (nSPS) is 10.6. The quantitative estimate of drug-likeness (QED) is 0.287. The van der Waals surface area contributed by atoms with Gasteiger partial charge in [-0.05, 0) is 37.1 Å². The SMILES string of the molecule is COc1cc(/C=N\NC(=O)Nc2ccccc2C)cc([N+](=O)[O-])c1OCc1cccc(C)c1. The molecule has 0 saturated carbocycles. The van der Waals surface area contributed by atoms with Crippen LogP contribution in [0.3, 0.4) is 0 Å². The number of amides is 2. The van der Waals surface area contributed by atoms with Crippen LogP contribution in [0.25, 0.3) is 0 Å². The molecule has 0 fully saturated rings. The molecule has 2 amide bonds. The van der Waals surface area contributed by atoms with Gasteiger partial charge in [0.15, 0.2) is 5.75 Å². The average molecular weight is 448 g/mol. The third kappa shape index (κ3) is 6.30.